The standard InChI is InChI=1S/C32H33N3O2/c1-22-14-16-24(17-15-22)30(31(37)33-32(2,3)4)35-28-13-9-8-12-27(28)34-25(19-21-29(35)36)18-20-26(34)23-10-6-5-7-11-23/h5-18,20,30H,19,21H2,1-4H3,(H,33,37). The van der Waals surface area contributed by atoms with Crippen molar-refractivity contribution >= 4 is 17.5 Å². The Morgan fingerprint density at radius 2 is 1.46 bits per heavy atom. The highest BCUT2D eigenvalue weighted by Crippen LogP contribution is 2.38. The summed E-state index contributed by atoms with van der Waals surface area (Å²) >= 11 is 0. The number of nitrogens with zero attached hydrogens (tertiary/aromatic N) is 2. The summed E-state index contributed by atoms with van der Waals surface area (Å²) in [6, 6.07) is 29.5. The van der Waals surface area contributed by atoms with Crippen LogP contribution in [0.3, 0.4) is 0 Å². The highest BCUT2D eigenvalue weighted by atomic mass is 16.2. The van der Waals surface area contributed by atoms with Crippen LogP contribution in [0.25, 0.3) is 16.9 Å². The molecule has 4 aromatic rings. The van der Waals surface area contributed by atoms with E-state index in [0.29, 0.717) is 12.8 Å². The fourth-order valence-corrected chi connectivity index (χ4v) is 5.03. The summed E-state index contributed by atoms with van der Waals surface area (Å²) in [5, 5.41) is 3.13. The van der Waals surface area contributed by atoms with E-state index in [4.69, 9.17) is 0 Å². The van der Waals surface area contributed by atoms with Crippen molar-refractivity contribution in [2.45, 2.75) is 52.1 Å². The van der Waals surface area contributed by atoms with Crippen LogP contribution < -0.4 is 10.2 Å². The smallest absolute Gasteiger partial charge is 0.248 e. The largest absolute Gasteiger partial charge is 0.349 e. The molecule has 2 heterocycles. The second kappa shape index (κ2) is 9.74. The average Bonchev–Trinajstić information content (AvgIpc) is 3.28. The quantitative estimate of drug-likeness (QED) is 0.360. The van der Waals surface area contributed by atoms with Crippen LogP contribution in [0.2, 0.25) is 0 Å². The van der Waals surface area contributed by atoms with Gasteiger partial charge >= 0.3 is 0 Å². The van der Waals surface area contributed by atoms with E-state index < -0.39 is 11.6 Å². The Balaban J connectivity index is 1.72. The molecule has 1 aliphatic rings. The van der Waals surface area contributed by atoms with Crippen molar-refractivity contribution in [1.29, 1.82) is 0 Å². The summed E-state index contributed by atoms with van der Waals surface area (Å²) < 4.78 is 2.23. The van der Waals surface area contributed by atoms with Crippen molar-refractivity contribution in [1.82, 2.24) is 9.88 Å². The number of aromatic nitrogens is 1. The topological polar surface area (TPSA) is 54.3 Å². The average molecular weight is 492 g/mol. The second-order valence-corrected chi connectivity index (χ2v) is 10.7. The van der Waals surface area contributed by atoms with Gasteiger partial charge in [-0.2, -0.15) is 0 Å². The third kappa shape index (κ3) is 4.94. The summed E-state index contributed by atoms with van der Waals surface area (Å²) in [4.78, 5) is 29.5. The first-order valence-electron chi connectivity index (χ1n) is 12.8. The van der Waals surface area contributed by atoms with Gasteiger partial charge in [0.15, 0.2) is 0 Å². The van der Waals surface area contributed by atoms with E-state index in [2.05, 4.69) is 34.1 Å². The van der Waals surface area contributed by atoms with Gasteiger partial charge in [0.1, 0.15) is 6.04 Å². The van der Waals surface area contributed by atoms with Crippen LogP contribution >= 0.6 is 0 Å². The monoisotopic (exact) mass is 491 g/mol. The van der Waals surface area contributed by atoms with Crippen molar-refractivity contribution < 1.29 is 9.59 Å². The van der Waals surface area contributed by atoms with Crippen LogP contribution in [-0.2, 0) is 16.0 Å². The molecule has 0 spiro atoms. The molecule has 0 saturated heterocycles. The number of hydrogen-bond acceptors (Lipinski definition) is 2. The molecule has 1 unspecified atom stereocenters. The summed E-state index contributed by atoms with van der Waals surface area (Å²) in [6.45, 7) is 7.89. The summed E-state index contributed by atoms with van der Waals surface area (Å²) in [5.74, 6) is -0.271. The van der Waals surface area contributed by atoms with Crippen LogP contribution in [0.1, 0.15) is 50.1 Å². The molecule has 0 aliphatic carbocycles. The molecular weight excluding hydrogens is 458 g/mol. The number of benzene rings is 3. The lowest BCUT2D eigenvalue weighted by molar-refractivity contribution is -0.127. The third-order valence-corrected chi connectivity index (χ3v) is 6.67. The summed E-state index contributed by atoms with van der Waals surface area (Å²) in [7, 11) is 0. The van der Waals surface area contributed by atoms with Gasteiger partial charge in [-0.1, -0.05) is 72.3 Å². The Morgan fingerprint density at radius 3 is 2.14 bits per heavy atom. The maximum atomic E-state index is 13.9. The van der Waals surface area contributed by atoms with E-state index in [1.165, 1.54) is 0 Å². The van der Waals surface area contributed by atoms with Crippen molar-refractivity contribution in [3.8, 4) is 16.9 Å². The van der Waals surface area contributed by atoms with Crippen LogP contribution in [0, 0.1) is 6.92 Å². The molecule has 0 bridgehead atoms. The van der Waals surface area contributed by atoms with Crippen molar-refractivity contribution in [2.24, 2.45) is 0 Å². The van der Waals surface area contributed by atoms with E-state index >= 15 is 0 Å². The Morgan fingerprint density at radius 1 is 0.811 bits per heavy atom. The van der Waals surface area contributed by atoms with Crippen molar-refractivity contribution in [3.63, 3.8) is 0 Å². The normalized spacial score (nSPS) is 14.3. The molecule has 2 amide bonds. The zero-order valence-corrected chi connectivity index (χ0v) is 21.9. The van der Waals surface area contributed by atoms with Gasteiger partial charge in [-0.3, -0.25) is 14.5 Å². The number of anilines is 1. The number of nitrogens with one attached hydrogen (secondary N) is 1. The highest BCUT2D eigenvalue weighted by molar-refractivity contribution is 6.03. The molecule has 37 heavy (non-hydrogen) atoms. The Kier molecular flexibility index (Phi) is 6.46. The predicted octanol–water partition coefficient (Wildman–Crippen LogP) is 6.39. The number of fused-ring (bicyclic) bond motifs is 3. The molecule has 188 valence electrons. The van der Waals surface area contributed by atoms with Gasteiger partial charge in [0.05, 0.1) is 17.1 Å². The summed E-state index contributed by atoms with van der Waals surface area (Å²) in [5.41, 5.74) is 6.27. The Hall–Kier alpha value is -4.12. The van der Waals surface area contributed by atoms with E-state index in [0.717, 1.165) is 39.5 Å². The molecule has 5 rings (SSSR count). The minimum Gasteiger partial charge on any atom is -0.349 e. The Labute approximate surface area is 218 Å². The minimum atomic E-state index is -0.800. The van der Waals surface area contributed by atoms with E-state index in [1.807, 2.05) is 94.4 Å². The molecule has 5 heteroatoms. The van der Waals surface area contributed by atoms with Gasteiger partial charge in [0.25, 0.3) is 0 Å². The van der Waals surface area contributed by atoms with E-state index in [9.17, 15) is 9.59 Å². The first kappa shape index (κ1) is 24.6. The number of aryl methyl sites for hydroxylation is 2. The molecule has 3 aromatic carbocycles. The van der Waals surface area contributed by atoms with Crippen LogP contribution in [0.4, 0.5) is 5.69 Å². The second-order valence-electron chi connectivity index (χ2n) is 10.7. The third-order valence-electron chi connectivity index (χ3n) is 6.67. The van der Waals surface area contributed by atoms with Gasteiger partial charge in [0, 0.05) is 17.7 Å². The van der Waals surface area contributed by atoms with Gasteiger partial charge in [-0.25, -0.2) is 0 Å². The Bertz CT molecular complexity index is 1430. The molecule has 5 nitrogen and oxygen atoms in total. The van der Waals surface area contributed by atoms with E-state index in [1.54, 1.807) is 4.90 Å². The number of rotatable bonds is 4. The van der Waals surface area contributed by atoms with Crippen molar-refractivity contribution in [2.75, 3.05) is 4.90 Å². The van der Waals surface area contributed by atoms with E-state index in [-0.39, 0.29) is 11.8 Å². The fourth-order valence-electron chi connectivity index (χ4n) is 5.03. The molecule has 0 saturated carbocycles. The fraction of sp³-hybridized carbons (Fsp3) is 0.250. The number of carbonyl (C=O) groups is 2. The first-order valence-corrected chi connectivity index (χ1v) is 12.8. The van der Waals surface area contributed by atoms with Crippen molar-refractivity contribution in [3.05, 3.63) is 108 Å². The lowest BCUT2D eigenvalue weighted by Gasteiger charge is -2.36. The van der Waals surface area contributed by atoms with Gasteiger partial charge in [-0.15, -0.1) is 0 Å². The molecule has 1 aromatic heterocycles. The molecule has 1 N–H and O–H groups in total. The predicted molar refractivity (Wildman–Crippen MR) is 149 cm³/mol. The molecular formula is C32H33N3O2. The zero-order chi connectivity index (χ0) is 26.2. The zero-order valence-electron chi connectivity index (χ0n) is 21.9. The SMILES string of the molecule is Cc1ccc(C(C(=O)NC(C)(C)C)N2C(=O)CCc3ccc(-c4ccccc4)n3-c3ccccc32)cc1. The minimum absolute atomic E-state index is 0.0733. The molecule has 1 aliphatic heterocycles. The maximum absolute atomic E-state index is 13.9. The number of hydrogen-bond donors (Lipinski definition) is 1. The van der Waals surface area contributed by atoms with Crippen LogP contribution in [-0.4, -0.2) is 21.9 Å². The molecule has 0 radical (unpaired) electrons. The highest BCUT2D eigenvalue weighted by Gasteiger charge is 2.36. The van der Waals surface area contributed by atoms with Crippen LogP contribution in [0.15, 0.2) is 91.0 Å². The van der Waals surface area contributed by atoms with Gasteiger partial charge in [-0.05, 0) is 69.5 Å². The number of para-hydroxylation sites is 2. The molecule has 1 atom stereocenters. The lowest BCUT2D eigenvalue weighted by atomic mass is 9.98. The number of carbonyl (C=O) groups excluding carboxylic acids is 2. The maximum Gasteiger partial charge on any atom is 0.248 e. The number of amides is 2. The summed E-state index contributed by atoms with van der Waals surface area (Å²) in [6.07, 6.45) is 0.885. The van der Waals surface area contributed by atoms with Gasteiger partial charge in [0.2, 0.25) is 11.8 Å². The first-order chi connectivity index (χ1) is 17.7. The van der Waals surface area contributed by atoms with Gasteiger partial charge < -0.3 is 9.88 Å². The molecule has 0 fully saturated rings. The van der Waals surface area contributed by atoms with Crippen LogP contribution in [0.5, 0.6) is 0 Å². The lowest BCUT2D eigenvalue weighted by Crippen LogP contribution is -2.50.